The van der Waals surface area contributed by atoms with E-state index in [1.807, 2.05) is 7.05 Å². The quantitative estimate of drug-likeness (QED) is 0.898. The second-order valence-corrected chi connectivity index (χ2v) is 5.63. The first-order valence-electron chi connectivity index (χ1n) is 5.72. The summed E-state index contributed by atoms with van der Waals surface area (Å²) in [6.07, 6.45) is 2.38. The van der Waals surface area contributed by atoms with Crippen LogP contribution in [0, 0.1) is 12.8 Å². The van der Waals surface area contributed by atoms with E-state index < -0.39 is 0 Å². The molecule has 0 aromatic carbocycles. The van der Waals surface area contributed by atoms with Crippen LogP contribution in [0.25, 0.3) is 0 Å². The summed E-state index contributed by atoms with van der Waals surface area (Å²) in [5, 5.41) is 6.44. The Kier molecular flexibility index (Phi) is 4.25. The lowest BCUT2D eigenvalue weighted by atomic mass is 9.92. The molecule has 0 radical (unpaired) electrons. The zero-order valence-electron chi connectivity index (χ0n) is 9.75. The van der Waals surface area contributed by atoms with Crippen LogP contribution in [0.2, 0.25) is 5.02 Å². The molecule has 16 heavy (non-hydrogen) atoms. The summed E-state index contributed by atoms with van der Waals surface area (Å²) in [5.41, 5.74) is 1.18. The fourth-order valence-electron chi connectivity index (χ4n) is 2.27. The molecule has 2 unspecified atom stereocenters. The smallest absolute Gasteiger partial charge is 0.0590 e. The molecular weight excluding hydrogens is 242 g/mol. The number of rotatable bonds is 3. The molecule has 0 saturated carbocycles. The van der Waals surface area contributed by atoms with Crippen molar-refractivity contribution in [3.8, 4) is 0 Å². The van der Waals surface area contributed by atoms with Crippen molar-refractivity contribution in [2.75, 3.05) is 20.3 Å². The van der Waals surface area contributed by atoms with E-state index >= 15 is 0 Å². The Bertz CT molecular complexity index is 347. The van der Waals surface area contributed by atoms with Crippen molar-refractivity contribution in [1.29, 1.82) is 0 Å². The molecule has 1 aliphatic heterocycles. The van der Waals surface area contributed by atoms with Crippen molar-refractivity contribution >= 4 is 22.9 Å². The van der Waals surface area contributed by atoms with Crippen LogP contribution >= 0.6 is 22.9 Å². The highest BCUT2D eigenvalue weighted by Gasteiger charge is 2.27. The fraction of sp³-hybridized carbons (Fsp3) is 0.667. The first kappa shape index (κ1) is 12.4. The predicted octanol–water partition coefficient (Wildman–Crippen LogP) is 3.40. The van der Waals surface area contributed by atoms with E-state index in [4.69, 9.17) is 16.3 Å². The fourth-order valence-corrected chi connectivity index (χ4v) is 3.78. The Morgan fingerprint density at radius 2 is 2.44 bits per heavy atom. The van der Waals surface area contributed by atoms with Crippen molar-refractivity contribution in [2.45, 2.75) is 25.8 Å². The molecule has 1 aliphatic rings. The first-order valence-corrected chi connectivity index (χ1v) is 6.98. The highest BCUT2D eigenvalue weighted by molar-refractivity contribution is 7.10. The van der Waals surface area contributed by atoms with Crippen molar-refractivity contribution in [2.24, 2.45) is 5.92 Å². The van der Waals surface area contributed by atoms with Crippen molar-refractivity contribution in [3.63, 3.8) is 0 Å². The predicted molar refractivity (Wildman–Crippen MR) is 69.4 cm³/mol. The maximum Gasteiger partial charge on any atom is 0.0590 e. The normalized spacial score (nSPS) is 23.3. The maximum absolute atomic E-state index is 6.33. The maximum atomic E-state index is 6.33. The van der Waals surface area contributed by atoms with Crippen LogP contribution in [0.1, 0.15) is 29.3 Å². The molecule has 2 nitrogen and oxygen atoms in total. The van der Waals surface area contributed by atoms with Crippen molar-refractivity contribution in [1.82, 2.24) is 5.32 Å². The second kappa shape index (κ2) is 5.50. The number of thiophene rings is 1. The zero-order chi connectivity index (χ0) is 11.5. The van der Waals surface area contributed by atoms with Crippen LogP contribution < -0.4 is 5.32 Å². The molecule has 4 heteroatoms. The van der Waals surface area contributed by atoms with E-state index in [1.165, 1.54) is 16.9 Å². The summed E-state index contributed by atoms with van der Waals surface area (Å²) >= 11 is 8.08. The Morgan fingerprint density at radius 3 is 2.94 bits per heavy atom. The minimum absolute atomic E-state index is 0.339. The minimum Gasteiger partial charge on any atom is -0.381 e. The van der Waals surface area contributed by atoms with Crippen LogP contribution in [0.15, 0.2) is 5.38 Å². The molecule has 1 N–H and O–H groups in total. The van der Waals surface area contributed by atoms with Gasteiger partial charge in [0, 0.05) is 23.4 Å². The minimum atomic E-state index is 0.339. The third kappa shape index (κ3) is 2.43. The van der Waals surface area contributed by atoms with Gasteiger partial charge in [0.15, 0.2) is 0 Å². The molecule has 2 atom stereocenters. The Labute approximate surface area is 106 Å². The summed E-state index contributed by atoms with van der Waals surface area (Å²) in [4.78, 5) is 1.26. The Balaban J connectivity index is 2.18. The standard InChI is InChI=1S/C12H18ClNOS/c1-8-7-16-12(10(8)13)11(14-2)9-4-3-5-15-6-9/h7,9,11,14H,3-6H2,1-2H3. The van der Waals surface area contributed by atoms with Gasteiger partial charge >= 0.3 is 0 Å². The van der Waals surface area contributed by atoms with Crippen molar-refractivity contribution in [3.05, 3.63) is 20.8 Å². The number of ether oxygens (including phenoxy) is 1. The van der Waals surface area contributed by atoms with E-state index in [2.05, 4.69) is 17.6 Å². The van der Waals surface area contributed by atoms with E-state index in [0.717, 1.165) is 24.7 Å². The zero-order valence-corrected chi connectivity index (χ0v) is 11.3. The van der Waals surface area contributed by atoms with Crippen molar-refractivity contribution < 1.29 is 4.74 Å². The van der Waals surface area contributed by atoms with Gasteiger partial charge in [-0.15, -0.1) is 11.3 Å². The largest absolute Gasteiger partial charge is 0.381 e. The lowest BCUT2D eigenvalue weighted by Gasteiger charge is -2.29. The third-order valence-corrected chi connectivity index (χ3v) is 4.98. The molecular formula is C12H18ClNOS. The molecule has 2 heterocycles. The summed E-state index contributed by atoms with van der Waals surface area (Å²) in [6.45, 7) is 3.81. The number of hydrogen-bond acceptors (Lipinski definition) is 3. The van der Waals surface area contributed by atoms with E-state index in [1.54, 1.807) is 11.3 Å². The summed E-state index contributed by atoms with van der Waals surface area (Å²) in [5.74, 6) is 0.550. The topological polar surface area (TPSA) is 21.3 Å². The number of hydrogen-bond donors (Lipinski definition) is 1. The highest BCUT2D eigenvalue weighted by atomic mass is 35.5. The second-order valence-electron chi connectivity index (χ2n) is 4.34. The number of halogens is 1. The van der Waals surface area contributed by atoms with Gasteiger partial charge in [-0.2, -0.15) is 0 Å². The molecule has 0 bridgehead atoms. The molecule has 1 fully saturated rings. The highest BCUT2D eigenvalue weighted by Crippen LogP contribution is 2.38. The van der Waals surface area contributed by atoms with E-state index in [9.17, 15) is 0 Å². The third-order valence-electron chi connectivity index (χ3n) is 3.19. The molecule has 1 aromatic heterocycles. The average Bonchev–Trinajstić information content (AvgIpc) is 2.64. The molecule has 0 spiro atoms. The van der Waals surface area contributed by atoms with Crippen LogP contribution in [0.3, 0.4) is 0 Å². The van der Waals surface area contributed by atoms with Gasteiger partial charge in [-0.1, -0.05) is 11.6 Å². The molecule has 1 saturated heterocycles. The van der Waals surface area contributed by atoms with Gasteiger partial charge in [-0.25, -0.2) is 0 Å². The Hall–Kier alpha value is -0.0900. The molecule has 0 aliphatic carbocycles. The van der Waals surface area contributed by atoms with Crippen LogP contribution in [-0.4, -0.2) is 20.3 Å². The van der Waals surface area contributed by atoms with Gasteiger partial charge in [0.05, 0.1) is 11.6 Å². The Morgan fingerprint density at radius 1 is 1.62 bits per heavy atom. The number of aryl methyl sites for hydroxylation is 1. The van der Waals surface area contributed by atoms with Gasteiger partial charge in [0.25, 0.3) is 0 Å². The summed E-state index contributed by atoms with van der Waals surface area (Å²) < 4.78 is 5.55. The van der Waals surface area contributed by atoms with Gasteiger partial charge in [-0.3, -0.25) is 0 Å². The first-order chi connectivity index (χ1) is 7.74. The molecule has 0 amide bonds. The van der Waals surface area contributed by atoms with E-state index in [-0.39, 0.29) is 0 Å². The summed E-state index contributed by atoms with van der Waals surface area (Å²) in [6, 6.07) is 0.339. The monoisotopic (exact) mass is 259 g/mol. The lowest BCUT2D eigenvalue weighted by Crippen LogP contribution is -2.31. The van der Waals surface area contributed by atoms with Crippen LogP contribution in [0.4, 0.5) is 0 Å². The van der Waals surface area contributed by atoms with Crippen LogP contribution in [0.5, 0.6) is 0 Å². The van der Waals surface area contributed by atoms with Gasteiger partial charge in [-0.05, 0) is 37.8 Å². The van der Waals surface area contributed by atoms with Gasteiger partial charge in [0.1, 0.15) is 0 Å². The van der Waals surface area contributed by atoms with Gasteiger partial charge < -0.3 is 10.1 Å². The molecule has 2 rings (SSSR count). The number of nitrogens with one attached hydrogen (secondary N) is 1. The average molecular weight is 260 g/mol. The van der Waals surface area contributed by atoms with E-state index in [0.29, 0.717) is 12.0 Å². The van der Waals surface area contributed by atoms with Gasteiger partial charge in [0.2, 0.25) is 0 Å². The summed E-state index contributed by atoms with van der Waals surface area (Å²) in [7, 11) is 2.00. The van der Waals surface area contributed by atoms with Crippen LogP contribution in [-0.2, 0) is 4.74 Å². The molecule has 1 aromatic rings. The SMILES string of the molecule is CNC(c1scc(C)c1Cl)C1CCCOC1. The molecule has 90 valence electrons. The lowest BCUT2D eigenvalue weighted by molar-refractivity contribution is 0.0407.